The fourth-order valence-corrected chi connectivity index (χ4v) is 3.49. The molecule has 0 aliphatic carbocycles. The number of rotatable bonds is 6. The molecule has 2 aliphatic rings. The van der Waals surface area contributed by atoms with Crippen molar-refractivity contribution in [3.8, 4) is 17.2 Å². The van der Waals surface area contributed by atoms with Gasteiger partial charge in [0.2, 0.25) is 18.6 Å². The third-order valence-electron chi connectivity index (χ3n) is 5.01. The summed E-state index contributed by atoms with van der Waals surface area (Å²) in [7, 11) is 1.63. The van der Waals surface area contributed by atoms with Crippen molar-refractivity contribution in [2.45, 2.75) is 12.8 Å². The second-order valence-electron chi connectivity index (χ2n) is 6.84. The van der Waals surface area contributed by atoms with Crippen LogP contribution in [0.25, 0.3) is 0 Å². The molecular formula is C21H22N2O5. The summed E-state index contributed by atoms with van der Waals surface area (Å²) in [4.78, 5) is 26.6. The number of carbonyl (C=O) groups is 2. The summed E-state index contributed by atoms with van der Waals surface area (Å²) < 4.78 is 15.9. The summed E-state index contributed by atoms with van der Waals surface area (Å²) in [6.07, 6.45) is 0.912. The van der Waals surface area contributed by atoms with Gasteiger partial charge in [0.1, 0.15) is 5.75 Å². The molecule has 1 atom stereocenters. The number of nitrogens with zero attached hydrogens (tertiary/aromatic N) is 1. The lowest BCUT2D eigenvalue weighted by molar-refractivity contribution is -0.126. The van der Waals surface area contributed by atoms with Crippen molar-refractivity contribution in [2.24, 2.45) is 5.92 Å². The minimum Gasteiger partial charge on any atom is -0.497 e. The molecule has 2 aliphatic heterocycles. The normalized spacial score (nSPS) is 17.7. The third-order valence-corrected chi connectivity index (χ3v) is 5.01. The lowest BCUT2D eigenvalue weighted by Crippen LogP contribution is -2.34. The van der Waals surface area contributed by atoms with Crippen molar-refractivity contribution in [3.05, 3.63) is 48.0 Å². The molecule has 0 saturated carbocycles. The molecule has 4 rings (SSSR count). The smallest absolute Gasteiger partial charge is 0.231 e. The number of nitrogens with one attached hydrogen (secondary N) is 1. The van der Waals surface area contributed by atoms with Crippen LogP contribution in [-0.2, 0) is 16.0 Å². The molecule has 146 valence electrons. The van der Waals surface area contributed by atoms with E-state index in [1.807, 2.05) is 30.3 Å². The Hall–Kier alpha value is -3.22. The van der Waals surface area contributed by atoms with Crippen LogP contribution in [0.3, 0.4) is 0 Å². The maximum atomic E-state index is 12.5. The van der Waals surface area contributed by atoms with Gasteiger partial charge >= 0.3 is 0 Å². The lowest BCUT2D eigenvalue weighted by atomic mass is 10.1. The zero-order chi connectivity index (χ0) is 19.5. The maximum absolute atomic E-state index is 12.5. The molecule has 0 spiro atoms. The molecule has 7 nitrogen and oxygen atoms in total. The molecule has 1 N–H and O–H groups in total. The van der Waals surface area contributed by atoms with Crippen molar-refractivity contribution in [1.82, 2.24) is 5.32 Å². The molecule has 2 aromatic rings. The molecule has 0 radical (unpaired) electrons. The van der Waals surface area contributed by atoms with Gasteiger partial charge in [-0.15, -0.1) is 0 Å². The van der Waals surface area contributed by atoms with Crippen LogP contribution in [-0.4, -0.2) is 38.8 Å². The van der Waals surface area contributed by atoms with Gasteiger partial charge in [-0.05, 0) is 36.2 Å². The maximum Gasteiger partial charge on any atom is 0.231 e. The van der Waals surface area contributed by atoms with Crippen molar-refractivity contribution in [3.63, 3.8) is 0 Å². The van der Waals surface area contributed by atoms with E-state index in [9.17, 15) is 9.59 Å². The fourth-order valence-electron chi connectivity index (χ4n) is 3.49. The van der Waals surface area contributed by atoms with Gasteiger partial charge in [0.05, 0.1) is 13.0 Å². The molecule has 2 amide bonds. The third kappa shape index (κ3) is 3.74. The lowest BCUT2D eigenvalue weighted by Gasteiger charge is -2.17. The van der Waals surface area contributed by atoms with Gasteiger partial charge in [-0.3, -0.25) is 9.59 Å². The van der Waals surface area contributed by atoms with Gasteiger partial charge in [0, 0.05) is 31.3 Å². The van der Waals surface area contributed by atoms with Crippen molar-refractivity contribution in [1.29, 1.82) is 0 Å². The summed E-state index contributed by atoms with van der Waals surface area (Å²) in [6, 6.07) is 13.1. The molecule has 0 aromatic heterocycles. The van der Waals surface area contributed by atoms with Gasteiger partial charge in [0.15, 0.2) is 11.5 Å². The molecule has 1 saturated heterocycles. The second kappa shape index (κ2) is 7.80. The number of carbonyl (C=O) groups excluding carboxylic acids is 2. The molecule has 7 heteroatoms. The van der Waals surface area contributed by atoms with E-state index in [2.05, 4.69) is 5.32 Å². The molecule has 1 unspecified atom stereocenters. The Morgan fingerprint density at radius 2 is 2.07 bits per heavy atom. The average molecular weight is 382 g/mol. The topological polar surface area (TPSA) is 77.1 Å². The summed E-state index contributed by atoms with van der Waals surface area (Å²) in [6.45, 7) is 1.06. The summed E-state index contributed by atoms with van der Waals surface area (Å²) in [5, 5.41) is 2.94. The number of amides is 2. The average Bonchev–Trinajstić information content (AvgIpc) is 3.33. The van der Waals surface area contributed by atoms with E-state index >= 15 is 0 Å². The van der Waals surface area contributed by atoms with Crippen LogP contribution < -0.4 is 24.4 Å². The highest BCUT2D eigenvalue weighted by atomic mass is 16.7. The number of anilines is 1. The van der Waals surface area contributed by atoms with E-state index < -0.39 is 0 Å². The Kier molecular flexibility index (Phi) is 5.06. The molecule has 28 heavy (non-hydrogen) atoms. The molecule has 0 bridgehead atoms. The SMILES string of the molecule is COc1cccc(CCNC(=O)C2CC(=O)N(c3ccc4c(c3)OCO4)C2)c1. The first kappa shape index (κ1) is 18.2. The van der Waals surface area contributed by atoms with Crippen molar-refractivity contribution >= 4 is 17.5 Å². The van der Waals surface area contributed by atoms with E-state index in [0.717, 1.165) is 17.0 Å². The van der Waals surface area contributed by atoms with E-state index in [1.54, 1.807) is 24.1 Å². The minimum absolute atomic E-state index is 0.0631. The Bertz CT molecular complexity index is 898. The number of fused-ring (bicyclic) bond motifs is 1. The Balaban J connectivity index is 1.32. The van der Waals surface area contributed by atoms with Gasteiger partial charge in [-0.25, -0.2) is 0 Å². The molecule has 2 aromatic carbocycles. The number of ether oxygens (including phenoxy) is 3. The van der Waals surface area contributed by atoms with Crippen LogP contribution in [0.1, 0.15) is 12.0 Å². The van der Waals surface area contributed by atoms with Gasteiger partial charge in [0.25, 0.3) is 0 Å². The first-order valence-electron chi connectivity index (χ1n) is 9.24. The van der Waals surface area contributed by atoms with Crippen LogP contribution in [0.4, 0.5) is 5.69 Å². The van der Waals surface area contributed by atoms with Crippen molar-refractivity contribution < 1.29 is 23.8 Å². The van der Waals surface area contributed by atoms with Crippen LogP contribution in [0.5, 0.6) is 17.2 Å². The van der Waals surface area contributed by atoms with Gasteiger partial charge in [-0.2, -0.15) is 0 Å². The van der Waals surface area contributed by atoms with Crippen molar-refractivity contribution in [2.75, 3.05) is 31.9 Å². The fraction of sp³-hybridized carbons (Fsp3) is 0.333. The highest BCUT2D eigenvalue weighted by Crippen LogP contribution is 2.37. The van der Waals surface area contributed by atoms with E-state index in [-0.39, 0.29) is 30.9 Å². The molecule has 2 heterocycles. The monoisotopic (exact) mass is 382 g/mol. The highest BCUT2D eigenvalue weighted by molar-refractivity contribution is 6.00. The van der Waals surface area contributed by atoms with Crippen LogP contribution in [0.2, 0.25) is 0 Å². The first-order chi connectivity index (χ1) is 13.6. The highest BCUT2D eigenvalue weighted by Gasteiger charge is 2.35. The Morgan fingerprint density at radius 1 is 1.21 bits per heavy atom. The molecular weight excluding hydrogens is 360 g/mol. The number of methoxy groups -OCH3 is 1. The minimum atomic E-state index is -0.358. The van der Waals surface area contributed by atoms with E-state index in [1.165, 1.54) is 0 Å². The Morgan fingerprint density at radius 3 is 2.93 bits per heavy atom. The summed E-state index contributed by atoms with van der Waals surface area (Å²) >= 11 is 0. The zero-order valence-electron chi connectivity index (χ0n) is 15.6. The first-order valence-corrected chi connectivity index (χ1v) is 9.24. The summed E-state index contributed by atoms with van der Waals surface area (Å²) in [5.41, 5.74) is 1.81. The van der Waals surface area contributed by atoms with Crippen LogP contribution >= 0.6 is 0 Å². The van der Waals surface area contributed by atoms with Crippen LogP contribution in [0.15, 0.2) is 42.5 Å². The van der Waals surface area contributed by atoms with Gasteiger partial charge < -0.3 is 24.4 Å². The second-order valence-corrected chi connectivity index (χ2v) is 6.84. The van der Waals surface area contributed by atoms with E-state index in [4.69, 9.17) is 14.2 Å². The zero-order valence-corrected chi connectivity index (χ0v) is 15.6. The Labute approximate surface area is 163 Å². The van der Waals surface area contributed by atoms with E-state index in [0.29, 0.717) is 31.0 Å². The standard InChI is InChI=1S/C21H22N2O5/c1-26-17-4-2-3-14(9-17)7-8-22-21(25)15-10-20(24)23(12-15)16-5-6-18-19(11-16)28-13-27-18/h2-6,9,11,15H,7-8,10,12-13H2,1H3,(H,22,25). The number of hydrogen-bond donors (Lipinski definition) is 1. The molecule has 1 fully saturated rings. The van der Waals surface area contributed by atoms with Crippen LogP contribution in [0, 0.1) is 5.92 Å². The van der Waals surface area contributed by atoms with Gasteiger partial charge in [-0.1, -0.05) is 12.1 Å². The summed E-state index contributed by atoms with van der Waals surface area (Å²) in [5.74, 6) is 1.57. The number of benzene rings is 2. The predicted molar refractivity (Wildman–Crippen MR) is 103 cm³/mol. The largest absolute Gasteiger partial charge is 0.497 e. The predicted octanol–water partition coefficient (Wildman–Crippen LogP) is 2.14. The quantitative estimate of drug-likeness (QED) is 0.828. The number of hydrogen-bond acceptors (Lipinski definition) is 5.